The van der Waals surface area contributed by atoms with Crippen LogP contribution in [-0.4, -0.2) is 71.6 Å². The van der Waals surface area contributed by atoms with Crippen molar-refractivity contribution >= 4 is 5.71 Å². The summed E-state index contributed by atoms with van der Waals surface area (Å²) in [5, 5.41) is 85.5. The van der Waals surface area contributed by atoms with Crippen LogP contribution in [0.1, 0.15) is 225 Å². The van der Waals surface area contributed by atoms with Gasteiger partial charge in [-0.05, 0) is 277 Å². The van der Waals surface area contributed by atoms with Gasteiger partial charge >= 0.3 is 0 Å². The molecular formula is C69H97NO9. The third kappa shape index (κ3) is 21.8. The topological polar surface area (TPSA) is 194 Å². The van der Waals surface area contributed by atoms with Crippen molar-refractivity contribution in [2.75, 3.05) is 19.8 Å². The number of oxime groups is 1. The third-order valence-electron chi connectivity index (χ3n) is 18.3. The van der Waals surface area contributed by atoms with Crippen molar-refractivity contribution in [1.82, 2.24) is 0 Å². The number of hydrogen-bond donors (Lipinski definition) is 9. The van der Waals surface area contributed by atoms with Crippen LogP contribution in [0.15, 0.2) is 126 Å². The van der Waals surface area contributed by atoms with Crippen LogP contribution in [0.2, 0.25) is 0 Å². The summed E-state index contributed by atoms with van der Waals surface area (Å²) < 4.78 is 0. The number of phenolic OH excluding ortho intramolecular Hbond substituents is 5. The molecule has 432 valence electrons. The van der Waals surface area contributed by atoms with Gasteiger partial charge in [-0.3, -0.25) is 0 Å². The first kappa shape index (κ1) is 62.6. The van der Waals surface area contributed by atoms with E-state index in [1.165, 1.54) is 105 Å². The first-order chi connectivity index (χ1) is 38.5. The fourth-order valence-corrected chi connectivity index (χ4v) is 13.0. The Bertz CT molecular complexity index is 2340. The monoisotopic (exact) mass is 1080 g/mol. The van der Waals surface area contributed by atoms with E-state index < -0.39 is 0 Å². The Morgan fingerprint density at radius 2 is 0.620 bits per heavy atom. The van der Waals surface area contributed by atoms with Gasteiger partial charge in [0.15, 0.2) is 0 Å². The molecule has 9 N–H and O–H groups in total. The second-order valence-corrected chi connectivity index (χ2v) is 23.6. The third-order valence-corrected chi connectivity index (χ3v) is 18.3. The van der Waals surface area contributed by atoms with Gasteiger partial charge in [-0.15, -0.1) is 0 Å². The zero-order valence-electron chi connectivity index (χ0n) is 47.5. The normalized spacial score (nSPS) is 25.8. The number of aliphatic hydroxyl groups is 3. The summed E-state index contributed by atoms with van der Waals surface area (Å²) in [5.41, 5.74) is 7.61. The lowest BCUT2D eigenvalue weighted by atomic mass is 9.78. The first-order valence-corrected chi connectivity index (χ1v) is 30.4. The molecule has 0 aliphatic heterocycles. The molecule has 10 heteroatoms. The van der Waals surface area contributed by atoms with Crippen LogP contribution < -0.4 is 0 Å². The van der Waals surface area contributed by atoms with E-state index in [1.54, 1.807) is 60.7 Å². The van der Waals surface area contributed by atoms with Crippen molar-refractivity contribution < 1.29 is 46.1 Å². The minimum atomic E-state index is 0.315. The van der Waals surface area contributed by atoms with Crippen LogP contribution in [0.3, 0.4) is 0 Å². The van der Waals surface area contributed by atoms with Crippen molar-refractivity contribution in [3.8, 4) is 28.7 Å². The van der Waals surface area contributed by atoms with Crippen molar-refractivity contribution in [3.05, 3.63) is 149 Å². The largest absolute Gasteiger partial charge is 0.508 e. The summed E-state index contributed by atoms with van der Waals surface area (Å²) in [7, 11) is 0. The zero-order chi connectivity index (χ0) is 56.2. The number of benzene rings is 5. The second-order valence-electron chi connectivity index (χ2n) is 23.6. The molecule has 5 aliphatic carbocycles. The number of rotatable bonds is 10. The molecule has 5 atom stereocenters. The summed E-state index contributed by atoms with van der Waals surface area (Å²) in [6.45, 7) is 3.30. The summed E-state index contributed by atoms with van der Waals surface area (Å²) in [6, 6.07) is 38.0. The number of aliphatic hydroxyl groups excluding tert-OH is 3. The van der Waals surface area contributed by atoms with Crippen molar-refractivity contribution in [1.29, 1.82) is 0 Å². The molecule has 0 heterocycles. The molecule has 5 saturated carbocycles. The van der Waals surface area contributed by atoms with Gasteiger partial charge in [0.2, 0.25) is 0 Å². The average Bonchev–Trinajstić information content (AvgIpc) is 4.00. The molecule has 0 amide bonds. The molecule has 0 aromatic heterocycles. The molecule has 5 fully saturated rings. The molecule has 5 aliphatic rings. The molecule has 0 saturated heterocycles. The van der Waals surface area contributed by atoms with E-state index in [1.807, 2.05) is 48.5 Å². The van der Waals surface area contributed by atoms with Crippen LogP contribution in [0, 0.1) is 23.7 Å². The highest BCUT2D eigenvalue weighted by Crippen LogP contribution is 2.40. The van der Waals surface area contributed by atoms with Crippen molar-refractivity contribution in [2.24, 2.45) is 28.8 Å². The van der Waals surface area contributed by atoms with E-state index >= 15 is 0 Å². The predicted octanol–water partition coefficient (Wildman–Crippen LogP) is 16.5. The maximum absolute atomic E-state index is 9.29. The fraction of sp³-hybridized carbons (Fsp3) is 0.551. The van der Waals surface area contributed by atoms with Crippen LogP contribution in [0.5, 0.6) is 28.7 Å². The zero-order valence-corrected chi connectivity index (χ0v) is 47.5. The van der Waals surface area contributed by atoms with Crippen LogP contribution in [0.4, 0.5) is 0 Å². The molecule has 5 aromatic rings. The lowest BCUT2D eigenvalue weighted by Crippen LogP contribution is -2.15. The summed E-state index contributed by atoms with van der Waals surface area (Å²) in [6.07, 6.45) is 29.4. The Balaban J connectivity index is 0.000000160. The Hall–Kier alpha value is -5.55. The Morgan fingerprint density at radius 3 is 0.949 bits per heavy atom. The molecule has 10 nitrogen and oxygen atoms in total. The maximum Gasteiger partial charge on any atom is 0.115 e. The molecule has 4 unspecified atom stereocenters. The molecule has 5 aromatic carbocycles. The average molecular weight is 1080 g/mol. The predicted molar refractivity (Wildman–Crippen MR) is 320 cm³/mol. The van der Waals surface area contributed by atoms with E-state index in [9.17, 15) is 30.6 Å². The lowest BCUT2D eigenvalue weighted by molar-refractivity contribution is 0.182. The molecule has 0 spiro atoms. The number of phenols is 5. The summed E-state index contributed by atoms with van der Waals surface area (Å²) in [5.74, 6) is 7.52. The maximum atomic E-state index is 9.29. The Kier molecular flexibility index (Phi) is 27.4. The van der Waals surface area contributed by atoms with Crippen molar-refractivity contribution in [2.45, 2.75) is 197 Å². The highest BCUT2D eigenvalue weighted by molar-refractivity contribution is 5.84. The quantitative estimate of drug-likeness (QED) is 0.0372. The van der Waals surface area contributed by atoms with Gasteiger partial charge in [-0.2, -0.15) is 0 Å². The molecule has 79 heavy (non-hydrogen) atoms. The smallest absolute Gasteiger partial charge is 0.115 e. The van der Waals surface area contributed by atoms with E-state index in [-0.39, 0.29) is 0 Å². The number of nitrogens with zero attached hydrogens (tertiary/aromatic N) is 1. The van der Waals surface area contributed by atoms with E-state index in [4.69, 9.17) is 15.4 Å². The lowest BCUT2D eigenvalue weighted by Gasteiger charge is -2.28. The molecule has 0 bridgehead atoms. The minimum absolute atomic E-state index is 0.315. The van der Waals surface area contributed by atoms with E-state index in [0.717, 1.165) is 101 Å². The SMILES string of the molecule is CCC1CCC(c2ccc(O)cc2)CC1.O/N=C1/CCCC(c2ccc(O)cc2)CC1.OCC1CCC(c2ccc(O)cc2)CC1.OCC1CCC[C@@H](c2ccc(O)cc2)CC1.OCCC1CCCC(c2ccc(O)cc2)CC1. The molecular weight excluding hydrogens is 987 g/mol. The Morgan fingerprint density at radius 1 is 0.329 bits per heavy atom. The first-order valence-electron chi connectivity index (χ1n) is 30.4. The van der Waals surface area contributed by atoms with Crippen molar-refractivity contribution in [3.63, 3.8) is 0 Å². The standard InChI is InChI=1S/C15H22O2.C14H20O2.C14H20O.C13H17NO2.C13H18O2/c16-11-10-12-2-1-3-13(5-4-12)14-6-8-15(17)9-7-14;15-10-11-2-1-3-12(5-4-11)13-6-8-14(16)9-7-13;1-2-11-3-5-12(6-4-11)13-7-9-14(15)10-8-13;15-13-8-5-11(6-9-13)10-2-1-3-12(14-16)7-4-10;14-9-10-1-3-11(4-2-10)12-5-7-13(15)8-6-12/h6-9,12-13,16-17H,1-5,10-11H2;6-9,11-12,15-16H,1-5,10H2;7-12,15H,2-6H2,1H3;5-6,8-10,15-16H,1-4,7H2;5-8,10-11,14-15H,1-4,9H2/b;;;14-12-;/t;11?,12-;;;/m.1.../s1. The van der Waals surface area contributed by atoms with Gasteiger partial charge in [0.05, 0.1) is 5.71 Å². The summed E-state index contributed by atoms with van der Waals surface area (Å²) in [4.78, 5) is 0. The minimum Gasteiger partial charge on any atom is -0.508 e. The van der Waals surface area contributed by atoms with Crippen LogP contribution in [-0.2, 0) is 0 Å². The van der Waals surface area contributed by atoms with Gasteiger partial charge in [-0.1, -0.05) is 98.4 Å². The second kappa shape index (κ2) is 34.6. The highest BCUT2D eigenvalue weighted by Gasteiger charge is 2.24. The number of aromatic hydroxyl groups is 5. The van der Waals surface area contributed by atoms with Gasteiger partial charge < -0.3 is 46.1 Å². The van der Waals surface area contributed by atoms with Crippen LogP contribution >= 0.6 is 0 Å². The Labute approximate surface area is 473 Å². The highest BCUT2D eigenvalue weighted by atomic mass is 16.4. The van der Waals surface area contributed by atoms with Gasteiger partial charge in [-0.25, -0.2) is 0 Å². The summed E-state index contributed by atoms with van der Waals surface area (Å²) >= 11 is 0. The van der Waals surface area contributed by atoms with E-state index in [0.29, 0.717) is 90.0 Å². The fourth-order valence-electron chi connectivity index (χ4n) is 13.0. The van der Waals surface area contributed by atoms with Gasteiger partial charge in [0.25, 0.3) is 0 Å². The number of hydrogen-bond acceptors (Lipinski definition) is 10. The van der Waals surface area contributed by atoms with E-state index in [2.05, 4.69) is 24.2 Å². The molecule has 0 radical (unpaired) electrons. The van der Waals surface area contributed by atoms with Crippen LogP contribution in [0.25, 0.3) is 0 Å². The van der Waals surface area contributed by atoms with Gasteiger partial charge in [0, 0.05) is 19.8 Å². The van der Waals surface area contributed by atoms with Gasteiger partial charge in [0.1, 0.15) is 28.7 Å². The molecule has 10 rings (SSSR count).